The molecule has 0 aliphatic carbocycles. The standard InChI is InChI=1S/C22H26N6O4S/c29-20-10-9-18(26-28(20)17-11-13-33(31,32)14-17)22(30)23-16-7-5-15(6-8-16)21-25-24-19-4-2-1-3-12-27(19)21/h5-8,17H,1-4,9-14H2,(H,23,30). The number of sulfone groups is 1. The number of carbonyl (C=O) groups excluding carboxylic acids is 2. The molecule has 3 aliphatic rings. The lowest BCUT2D eigenvalue weighted by atomic mass is 10.1. The lowest BCUT2D eigenvalue weighted by Gasteiger charge is -2.27. The fourth-order valence-electron chi connectivity index (χ4n) is 4.59. The van der Waals surface area contributed by atoms with Gasteiger partial charge in [-0.15, -0.1) is 10.2 Å². The van der Waals surface area contributed by atoms with Crippen LogP contribution in [-0.4, -0.2) is 63.3 Å². The Balaban J connectivity index is 1.29. The van der Waals surface area contributed by atoms with Crippen LogP contribution in [0.3, 0.4) is 0 Å². The lowest BCUT2D eigenvalue weighted by molar-refractivity contribution is -0.133. The highest BCUT2D eigenvalue weighted by atomic mass is 32.2. The van der Waals surface area contributed by atoms with E-state index in [0.717, 1.165) is 43.0 Å². The molecule has 0 radical (unpaired) electrons. The molecule has 1 atom stereocenters. The van der Waals surface area contributed by atoms with Crippen LogP contribution in [-0.2, 0) is 32.4 Å². The zero-order valence-corrected chi connectivity index (χ0v) is 19.1. The molecule has 1 unspecified atom stereocenters. The molecule has 2 aromatic rings. The van der Waals surface area contributed by atoms with Crippen LogP contribution < -0.4 is 5.32 Å². The Morgan fingerprint density at radius 1 is 1.03 bits per heavy atom. The average molecular weight is 471 g/mol. The van der Waals surface area contributed by atoms with Gasteiger partial charge >= 0.3 is 0 Å². The van der Waals surface area contributed by atoms with Gasteiger partial charge in [-0.1, -0.05) is 6.42 Å². The van der Waals surface area contributed by atoms with Gasteiger partial charge in [0.15, 0.2) is 15.7 Å². The molecule has 1 aromatic carbocycles. The monoisotopic (exact) mass is 470 g/mol. The zero-order chi connectivity index (χ0) is 23.0. The largest absolute Gasteiger partial charge is 0.321 e. The number of hydrazone groups is 1. The number of hydrogen-bond acceptors (Lipinski definition) is 7. The van der Waals surface area contributed by atoms with Gasteiger partial charge in [0.05, 0.1) is 17.5 Å². The SMILES string of the molecule is O=C(Nc1ccc(-c2nnc3n2CCCCC3)cc1)C1=NN(C2CCS(=O)(=O)C2)C(=O)CC1. The minimum absolute atomic E-state index is 0.0418. The maximum Gasteiger partial charge on any atom is 0.271 e. The number of nitrogens with one attached hydrogen (secondary N) is 1. The Labute approximate surface area is 192 Å². The van der Waals surface area contributed by atoms with Crippen molar-refractivity contribution in [2.45, 2.75) is 57.5 Å². The molecule has 2 amide bonds. The number of aryl methyl sites for hydroxylation is 1. The van der Waals surface area contributed by atoms with Gasteiger partial charge in [0.25, 0.3) is 5.91 Å². The van der Waals surface area contributed by atoms with Gasteiger partial charge in [0.1, 0.15) is 11.5 Å². The fraction of sp³-hybridized carbons (Fsp3) is 0.500. The first-order valence-electron chi connectivity index (χ1n) is 11.3. The minimum Gasteiger partial charge on any atom is -0.321 e. The fourth-order valence-corrected chi connectivity index (χ4v) is 6.28. The molecule has 3 aliphatic heterocycles. The minimum atomic E-state index is -3.16. The third-order valence-electron chi connectivity index (χ3n) is 6.39. The first-order valence-corrected chi connectivity index (χ1v) is 13.2. The Hall–Kier alpha value is -3.08. The normalized spacial score (nSPS) is 22.4. The van der Waals surface area contributed by atoms with Crippen LogP contribution >= 0.6 is 0 Å². The maximum atomic E-state index is 12.8. The molecule has 5 rings (SSSR count). The molecule has 1 saturated heterocycles. The number of aromatic nitrogens is 3. The van der Waals surface area contributed by atoms with Gasteiger partial charge in [0, 0.05) is 37.1 Å². The van der Waals surface area contributed by atoms with Crippen LogP contribution in [0.2, 0.25) is 0 Å². The highest BCUT2D eigenvalue weighted by Gasteiger charge is 2.37. The van der Waals surface area contributed by atoms with Gasteiger partial charge in [-0.05, 0) is 43.5 Å². The molecular formula is C22H26N6O4S. The predicted molar refractivity (Wildman–Crippen MR) is 122 cm³/mol. The van der Waals surface area contributed by atoms with E-state index in [1.54, 1.807) is 12.1 Å². The molecule has 1 aromatic heterocycles. The summed E-state index contributed by atoms with van der Waals surface area (Å²) in [6, 6.07) is 6.92. The van der Waals surface area contributed by atoms with Crippen molar-refractivity contribution >= 4 is 33.1 Å². The van der Waals surface area contributed by atoms with E-state index in [9.17, 15) is 18.0 Å². The topological polar surface area (TPSA) is 127 Å². The number of carbonyl (C=O) groups is 2. The highest BCUT2D eigenvalue weighted by Crippen LogP contribution is 2.25. The van der Waals surface area contributed by atoms with Crippen LogP contribution in [0.5, 0.6) is 0 Å². The quantitative estimate of drug-likeness (QED) is 0.726. The summed E-state index contributed by atoms with van der Waals surface area (Å²) in [5.74, 6) is 1.15. The van der Waals surface area contributed by atoms with Gasteiger partial charge in [0.2, 0.25) is 5.91 Å². The third-order valence-corrected chi connectivity index (χ3v) is 8.14. The first-order chi connectivity index (χ1) is 15.9. The smallest absolute Gasteiger partial charge is 0.271 e. The Morgan fingerprint density at radius 2 is 1.85 bits per heavy atom. The summed E-state index contributed by atoms with van der Waals surface area (Å²) >= 11 is 0. The van der Waals surface area contributed by atoms with Crippen molar-refractivity contribution in [1.29, 1.82) is 0 Å². The highest BCUT2D eigenvalue weighted by molar-refractivity contribution is 7.91. The zero-order valence-electron chi connectivity index (χ0n) is 18.2. The second-order valence-corrected chi connectivity index (χ2v) is 11.0. The van der Waals surface area contributed by atoms with E-state index in [-0.39, 0.29) is 36.0 Å². The van der Waals surface area contributed by atoms with Crippen LogP contribution in [0, 0.1) is 0 Å². The maximum absolute atomic E-state index is 12.8. The van der Waals surface area contributed by atoms with Crippen molar-refractivity contribution in [2.24, 2.45) is 5.10 Å². The molecule has 33 heavy (non-hydrogen) atoms. The Kier molecular flexibility index (Phi) is 5.73. The van der Waals surface area contributed by atoms with Crippen LogP contribution in [0.4, 0.5) is 5.69 Å². The van der Waals surface area contributed by atoms with E-state index >= 15 is 0 Å². The Morgan fingerprint density at radius 3 is 2.61 bits per heavy atom. The molecule has 1 N–H and O–H groups in total. The van der Waals surface area contributed by atoms with Crippen molar-refractivity contribution in [3.05, 3.63) is 30.1 Å². The number of nitrogens with zero attached hydrogens (tertiary/aromatic N) is 5. The molecular weight excluding hydrogens is 444 g/mol. The summed E-state index contributed by atoms with van der Waals surface area (Å²) in [6.07, 6.45) is 5.09. The van der Waals surface area contributed by atoms with Gasteiger partial charge in [-0.25, -0.2) is 13.4 Å². The van der Waals surface area contributed by atoms with Crippen LogP contribution in [0.15, 0.2) is 29.4 Å². The molecule has 0 saturated carbocycles. The number of rotatable bonds is 4. The molecule has 10 nitrogen and oxygen atoms in total. The summed E-state index contributed by atoms with van der Waals surface area (Å²) < 4.78 is 25.7. The van der Waals surface area contributed by atoms with Crippen molar-refractivity contribution in [3.63, 3.8) is 0 Å². The Bertz CT molecular complexity index is 1220. The van der Waals surface area contributed by atoms with Crippen molar-refractivity contribution in [1.82, 2.24) is 19.8 Å². The van der Waals surface area contributed by atoms with E-state index < -0.39 is 21.8 Å². The summed E-state index contributed by atoms with van der Waals surface area (Å²) in [4.78, 5) is 25.1. The van der Waals surface area contributed by atoms with Crippen molar-refractivity contribution < 1.29 is 18.0 Å². The third kappa shape index (κ3) is 4.54. The molecule has 0 bridgehead atoms. The molecule has 11 heteroatoms. The molecule has 174 valence electrons. The molecule has 0 spiro atoms. The summed E-state index contributed by atoms with van der Waals surface area (Å²) in [7, 11) is -3.16. The second kappa shape index (κ2) is 8.69. The number of hydrogen-bond donors (Lipinski definition) is 1. The van der Waals surface area contributed by atoms with Crippen LogP contribution in [0.1, 0.15) is 44.3 Å². The number of anilines is 1. The number of fused-ring (bicyclic) bond motifs is 1. The van der Waals surface area contributed by atoms with Crippen molar-refractivity contribution in [2.75, 3.05) is 16.8 Å². The average Bonchev–Trinajstić information content (AvgIpc) is 3.28. The van der Waals surface area contributed by atoms with E-state index in [2.05, 4.69) is 25.2 Å². The molecule has 4 heterocycles. The van der Waals surface area contributed by atoms with E-state index in [1.165, 1.54) is 11.4 Å². The van der Waals surface area contributed by atoms with Gasteiger partial charge in [-0.2, -0.15) is 5.10 Å². The first kappa shape index (κ1) is 21.7. The summed E-state index contributed by atoms with van der Waals surface area (Å²) in [5.41, 5.74) is 1.77. The summed E-state index contributed by atoms with van der Waals surface area (Å²) in [5, 5.41) is 17.0. The number of amides is 2. The number of benzene rings is 1. The van der Waals surface area contributed by atoms with Gasteiger partial charge < -0.3 is 9.88 Å². The summed E-state index contributed by atoms with van der Waals surface area (Å²) in [6.45, 7) is 0.910. The van der Waals surface area contributed by atoms with E-state index in [1.807, 2.05) is 12.1 Å². The van der Waals surface area contributed by atoms with E-state index in [4.69, 9.17) is 0 Å². The second-order valence-electron chi connectivity index (χ2n) is 8.78. The van der Waals surface area contributed by atoms with E-state index in [0.29, 0.717) is 12.1 Å². The molecule has 1 fully saturated rings. The predicted octanol–water partition coefficient (Wildman–Crippen LogP) is 1.78. The van der Waals surface area contributed by atoms with Crippen molar-refractivity contribution in [3.8, 4) is 11.4 Å². The lowest BCUT2D eigenvalue weighted by Crippen LogP contribution is -2.42. The van der Waals surface area contributed by atoms with Crippen LogP contribution in [0.25, 0.3) is 11.4 Å². The van der Waals surface area contributed by atoms with Gasteiger partial charge in [-0.3, -0.25) is 9.59 Å².